The number of aromatic nitrogens is 2. The van der Waals surface area contributed by atoms with Crippen molar-refractivity contribution in [3.8, 4) is 5.75 Å². The molecule has 0 radical (unpaired) electrons. The van der Waals surface area contributed by atoms with Gasteiger partial charge in [-0.15, -0.1) is 38.0 Å². The number of rotatable bonds is 9. The SMILES string of the molecule is CNc1nc(N[C@H]2CC[C@@H](CNCCc3ccc(Br)cc3OC(F)(F)F)CC2)nc2ccccc12.Cl.Cl. The van der Waals surface area contributed by atoms with Crippen LogP contribution in [0, 0.1) is 5.92 Å². The minimum Gasteiger partial charge on any atom is -0.405 e. The van der Waals surface area contributed by atoms with Gasteiger partial charge in [0.2, 0.25) is 5.95 Å². The molecule has 2 aromatic carbocycles. The third kappa shape index (κ3) is 9.05. The third-order valence-corrected chi connectivity index (χ3v) is 6.77. The molecule has 0 amide bonds. The van der Waals surface area contributed by atoms with Gasteiger partial charge in [-0.05, 0) is 80.9 Å². The molecule has 6 nitrogen and oxygen atoms in total. The smallest absolute Gasteiger partial charge is 0.405 e. The van der Waals surface area contributed by atoms with E-state index in [-0.39, 0.29) is 30.6 Å². The Bertz CT molecular complexity index is 1150. The summed E-state index contributed by atoms with van der Waals surface area (Å²) in [6.07, 6.45) is -0.0675. The number of hydrogen-bond acceptors (Lipinski definition) is 6. The van der Waals surface area contributed by atoms with Crippen molar-refractivity contribution in [2.24, 2.45) is 5.92 Å². The predicted molar refractivity (Wildman–Crippen MR) is 150 cm³/mol. The fraction of sp³-hybridized carbons (Fsp3) is 0.440. The molecule has 1 aromatic heterocycles. The highest BCUT2D eigenvalue weighted by Gasteiger charge is 2.32. The largest absolute Gasteiger partial charge is 0.573 e. The first-order chi connectivity index (χ1) is 16.8. The monoisotopic (exact) mass is 623 g/mol. The van der Waals surface area contributed by atoms with Gasteiger partial charge in [-0.2, -0.15) is 4.98 Å². The molecule has 12 heteroatoms. The summed E-state index contributed by atoms with van der Waals surface area (Å²) in [4.78, 5) is 9.29. The van der Waals surface area contributed by atoms with Crippen LogP contribution < -0.4 is 20.7 Å². The molecule has 0 saturated heterocycles. The summed E-state index contributed by atoms with van der Waals surface area (Å²) in [7, 11) is 1.86. The number of halogens is 6. The molecule has 204 valence electrons. The van der Waals surface area contributed by atoms with Crippen LogP contribution in [0.5, 0.6) is 5.75 Å². The van der Waals surface area contributed by atoms with E-state index in [4.69, 9.17) is 0 Å². The highest BCUT2D eigenvalue weighted by atomic mass is 79.9. The third-order valence-electron chi connectivity index (χ3n) is 6.28. The molecule has 0 atom stereocenters. The Morgan fingerprint density at radius 2 is 1.76 bits per heavy atom. The Labute approximate surface area is 235 Å². The summed E-state index contributed by atoms with van der Waals surface area (Å²) in [5.41, 5.74) is 1.43. The zero-order valence-electron chi connectivity index (χ0n) is 20.3. The number of anilines is 2. The van der Waals surface area contributed by atoms with Crippen molar-refractivity contribution in [3.05, 3.63) is 52.5 Å². The summed E-state index contributed by atoms with van der Waals surface area (Å²) in [6, 6.07) is 13.0. The summed E-state index contributed by atoms with van der Waals surface area (Å²) in [6.45, 7) is 1.43. The lowest BCUT2D eigenvalue weighted by Gasteiger charge is -2.29. The number of alkyl halides is 3. The summed E-state index contributed by atoms with van der Waals surface area (Å²) < 4.78 is 42.8. The standard InChI is InChI=1S/C25H29BrF3N5O.2ClH/c1-30-23-20-4-2-3-5-21(20)33-24(34-23)32-19-10-6-16(7-11-19)15-31-13-12-17-8-9-18(26)14-22(17)35-25(27,28)29;;/h2-5,8-9,14,16,19,31H,6-7,10-13,15H2,1H3,(H2,30,32,33,34);2*1H/t16-,19+;;. The van der Waals surface area contributed by atoms with Gasteiger partial charge in [0.1, 0.15) is 11.6 Å². The Morgan fingerprint density at radius 1 is 1.03 bits per heavy atom. The molecule has 1 aliphatic rings. The Morgan fingerprint density at radius 3 is 2.46 bits per heavy atom. The molecule has 4 rings (SSSR count). The maximum atomic E-state index is 12.7. The molecule has 1 fully saturated rings. The molecule has 3 N–H and O–H groups in total. The van der Waals surface area contributed by atoms with Crippen LogP contribution in [0.2, 0.25) is 0 Å². The lowest BCUT2D eigenvalue weighted by molar-refractivity contribution is -0.274. The van der Waals surface area contributed by atoms with Gasteiger partial charge in [0.05, 0.1) is 5.52 Å². The van der Waals surface area contributed by atoms with Crippen molar-refractivity contribution in [2.45, 2.75) is 44.5 Å². The van der Waals surface area contributed by atoms with Gasteiger partial charge in [0.25, 0.3) is 0 Å². The van der Waals surface area contributed by atoms with Gasteiger partial charge < -0.3 is 20.7 Å². The van der Waals surface area contributed by atoms with E-state index in [9.17, 15) is 13.2 Å². The van der Waals surface area contributed by atoms with Crippen molar-refractivity contribution >= 4 is 63.4 Å². The number of fused-ring (bicyclic) bond motifs is 1. The first-order valence-electron chi connectivity index (χ1n) is 11.8. The van der Waals surface area contributed by atoms with Crippen LogP contribution in [0.4, 0.5) is 24.9 Å². The quantitative estimate of drug-likeness (QED) is 0.223. The molecule has 37 heavy (non-hydrogen) atoms. The van der Waals surface area contributed by atoms with Gasteiger partial charge >= 0.3 is 6.36 Å². The van der Waals surface area contributed by atoms with Crippen molar-refractivity contribution < 1.29 is 17.9 Å². The van der Waals surface area contributed by atoms with Crippen molar-refractivity contribution in [2.75, 3.05) is 30.8 Å². The number of benzene rings is 2. The number of para-hydroxylation sites is 1. The summed E-state index contributed by atoms with van der Waals surface area (Å²) >= 11 is 3.20. The highest BCUT2D eigenvalue weighted by molar-refractivity contribution is 9.10. The second-order valence-corrected chi connectivity index (χ2v) is 9.69. The molecular formula is C25H31BrCl2F3N5O. The Hall–Kier alpha value is -2.01. The average molecular weight is 625 g/mol. The van der Waals surface area contributed by atoms with Gasteiger partial charge in [-0.3, -0.25) is 0 Å². The van der Waals surface area contributed by atoms with Crippen LogP contribution in [0.1, 0.15) is 31.2 Å². The number of nitrogens with zero attached hydrogens (tertiary/aromatic N) is 2. The maximum Gasteiger partial charge on any atom is 0.573 e. The molecule has 1 saturated carbocycles. The topological polar surface area (TPSA) is 71.1 Å². The molecule has 0 spiro atoms. The van der Waals surface area contributed by atoms with E-state index in [1.54, 1.807) is 12.1 Å². The van der Waals surface area contributed by atoms with Crippen molar-refractivity contribution in [1.82, 2.24) is 15.3 Å². The van der Waals surface area contributed by atoms with E-state index >= 15 is 0 Å². The minimum absolute atomic E-state index is 0. The van der Waals surface area contributed by atoms with E-state index < -0.39 is 6.36 Å². The maximum absolute atomic E-state index is 12.7. The number of hydrogen-bond donors (Lipinski definition) is 3. The second kappa shape index (κ2) is 14.2. The molecule has 0 bridgehead atoms. The molecule has 3 aromatic rings. The number of ether oxygens (including phenoxy) is 1. The second-order valence-electron chi connectivity index (χ2n) is 8.78. The molecule has 0 aliphatic heterocycles. The lowest BCUT2D eigenvalue weighted by atomic mass is 9.86. The predicted octanol–water partition coefficient (Wildman–Crippen LogP) is 6.98. The molecule has 1 aliphatic carbocycles. The first-order valence-corrected chi connectivity index (χ1v) is 12.6. The van der Waals surface area contributed by atoms with Crippen LogP contribution in [-0.4, -0.2) is 42.5 Å². The van der Waals surface area contributed by atoms with Crippen molar-refractivity contribution in [3.63, 3.8) is 0 Å². The van der Waals surface area contributed by atoms with Crippen LogP contribution in [0.25, 0.3) is 10.9 Å². The van der Waals surface area contributed by atoms with Gasteiger partial charge in [-0.1, -0.05) is 34.1 Å². The normalized spacial score (nSPS) is 17.4. The Balaban J connectivity index is 0.00000241. The van der Waals surface area contributed by atoms with Crippen molar-refractivity contribution in [1.29, 1.82) is 0 Å². The molecule has 1 heterocycles. The Kier molecular flexibility index (Phi) is 12.0. The fourth-order valence-electron chi connectivity index (χ4n) is 4.51. The van der Waals surface area contributed by atoms with E-state index in [2.05, 4.69) is 46.6 Å². The van der Waals surface area contributed by atoms with Gasteiger partial charge in [0, 0.05) is 22.9 Å². The lowest BCUT2D eigenvalue weighted by Crippen LogP contribution is -2.32. The number of nitrogens with one attached hydrogen (secondary N) is 3. The van der Waals surface area contributed by atoms with E-state index in [1.165, 1.54) is 6.07 Å². The zero-order valence-corrected chi connectivity index (χ0v) is 23.5. The summed E-state index contributed by atoms with van der Waals surface area (Å²) in [5.74, 6) is 1.83. The van der Waals surface area contributed by atoms with E-state index in [0.29, 0.717) is 40.9 Å². The molecule has 0 unspecified atom stereocenters. The highest BCUT2D eigenvalue weighted by Crippen LogP contribution is 2.30. The van der Waals surface area contributed by atoms with Gasteiger partial charge in [0.15, 0.2) is 0 Å². The van der Waals surface area contributed by atoms with Crippen LogP contribution in [0.3, 0.4) is 0 Å². The zero-order chi connectivity index (χ0) is 24.8. The van der Waals surface area contributed by atoms with Crippen LogP contribution >= 0.6 is 40.7 Å². The minimum atomic E-state index is -4.71. The molecular weight excluding hydrogens is 594 g/mol. The fourth-order valence-corrected chi connectivity index (χ4v) is 4.85. The average Bonchev–Trinajstić information content (AvgIpc) is 2.82. The summed E-state index contributed by atoms with van der Waals surface area (Å²) in [5, 5.41) is 11.0. The van der Waals surface area contributed by atoms with E-state index in [1.807, 2.05) is 31.3 Å². The van der Waals surface area contributed by atoms with Crippen LogP contribution in [0.15, 0.2) is 46.9 Å². The first kappa shape index (κ1) is 31.2. The van der Waals surface area contributed by atoms with Crippen LogP contribution in [-0.2, 0) is 6.42 Å². The van der Waals surface area contributed by atoms with Gasteiger partial charge in [-0.25, -0.2) is 4.98 Å². The van der Waals surface area contributed by atoms with E-state index in [0.717, 1.165) is 48.9 Å².